The molecule has 0 atom stereocenters. The second-order valence-electron chi connectivity index (χ2n) is 7.55. The van der Waals surface area contributed by atoms with Crippen LogP contribution in [0.3, 0.4) is 0 Å². The Balaban J connectivity index is 1.68. The van der Waals surface area contributed by atoms with Crippen molar-refractivity contribution in [2.75, 3.05) is 19.3 Å². The normalized spacial score (nSPS) is 16.1. The number of pyridine rings is 1. The van der Waals surface area contributed by atoms with Gasteiger partial charge in [0, 0.05) is 36.5 Å². The number of furan rings is 1. The molecule has 0 unspecified atom stereocenters. The van der Waals surface area contributed by atoms with E-state index >= 15 is 0 Å². The van der Waals surface area contributed by atoms with E-state index in [9.17, 15) is 26.4 Å². The van der Waals surface area contributed by atoms with Crippen LogP contribution in [0.1, 0.15) is 28.9 Å². The summed E-state index contributed by atoms with van der Waals surface area (Å²) in [7, 11) is -3.38. The van der Waals surface area contributed by atoms with Crippen molar-refractivity contribution in [1.82, 2.24) is 19.0 Å². The summed E-state index contributed by atoms with van der Waals surface area (Å²) in [4.78, 5) is 18.3. The first-order valence-electron chi connectivity index (χ1n) is 9.52. The number of carbonyl (C=O) groups excluding carboxylic acids is 1. The van der Waals surface area contributed by atoms with Gasteiger partial charge >= 0.3 is 6.18 Å². The molecule has 1 fully saturated rings. The zero-order chi connectivity index (χ0) is 23.3. The first kappa shape index (κ1) is 22.6. The van der Waals surface area contributed by atoms with Gasteiger partial charge < -0.3 is 9.32 Å². The first-order valence-corrected chi connectivity index (χ1v) is 11.8. The van der Waals surface area contributed by atoms with Crippen molar-refractivity contribution in [3.63, 3.8) is 0 Å². The number of hydrogen-bond acceptors (Lipinski definition) is 5. The standard InChI is InChI=1S/C19H18ClF3N4O4S/c1-32(29,30)25-13-2-5-26(6-3-13)18(28)15-16(20)27-9-12(11-4-7-31-10-11)8-14(17(27)24-15)19(21,22)23/h4,7-10,13,25H,2-3,5-6H2,1H3. The predicted octanol–water partition coefficient (Wildman–Crippen LogP) is 3.42. The number of piperidine rings is 1. The van der Waals surface area contributed by atoms with Gasteiger partial charge in [-0.3, -0.25) is 9.20 Å². The molecule has 4 heterocycles. The van der Waals surface area contributed by atoms with Gasteiger partial charge in [-0.25, -0.2) is 18.1 Å². The lowest BCUT2D eigenvalue weighted by atomic mass is 10.1. The Bertz CT molecular complexity index is 1260. The quantitative estimate of drug-likeness (QED) is 0.604. The van der Waals surface area contributed by atoms with E-state index in [-0.39, 0.29) is 35.5 Å². The summed E-state index contributed by atoms with van der Waals surface area (Å²) >= 11 is 6.31. The molecule has 0 spiro atoms. The molecule has 0 aliphatic carbocycles. The van der Waals surface area contributed by atoms with Crippen molar-refractivity contribution in [1.29, 1.82) is 0 Å². The Kier molecular flexibility index (Phi) is 5.72. The van der Waals surface area contributed by atoms with Crippen LogP contribution >= 0.6 is 11.6 Å². The van der Waals surface area contributed by atoms with Crippen molar-refractivity contribution in [2.45, 2.75) is 25.1 Å². The summed E-state index contributed by atoms with van der Waals surface area (Å²) in [6, 6.07) is 2.12. The van der Waals surface area contributed by atoms with Gasteiger partial charge in [-0.1, -0.05) is 11.6 Å². The molecule has 3 aromatic heterocycles. The van der Waals surface area contributed by atoms with Crippen LogP contribution in [0.2, 0.25) is 5.15 Å². The average molecular weight is 491 g/mol. The lowest BCUT2D eigenvalue weighted by Gasteiger charge is -2.31. The maximum Gasteiger partial charge on any atom is 0.420 e. The monoisotopic (exact) mass is 490 g/mol. The van der Waals surface area contributed by atoms with E-state index in [1.807, 2.05) is 0 Å². The number of sulfonamides is 1. The molecule has 1 N–H and O–H groups in total. The number of likely N-dealkylation sites (tertiary alicyclic amines) is 1. The third-order valence-electron chi connectivity index (χ3n) is 5.19. The van der Waals surface area contributed by atoms with E-state index in [2.05, 4.69) is 9.71 Å². The summed E-state index contributed by atoms with van der Waals surface area (Å²) in [6.45, 7) is 0.422. The lowest BCUT2D eigenvalue weighted by Crippen LogP contribution is -2.46. The van der Waals surface area contributed by atoms with Crippen LogP contribution in [0, 0.1) is 0 Å². The summed E-state index contributed by atoms with van der Waals surface area (Å²) < 4.78 is 72.5. The summed E-state index contributed by atoms with van der Waals surface area (Å²) in [5.41, 5.74) is -1.20. The molecule has 1 amide bonds. The molecule has 1 saturated heterocycles. The zero-order valence-corrected chi connectivity index (χ0v) is 18.3. The fourth-order valence-corrected chi connectivity index (χ4v) is 4.79. The molecule has 13 heteroatoms. The molecule has 0 bridgehead atoms. The molecule has 3 aromatic rings. The zero-order valence-electron chi connectivity index (χ0n) is 16.7. The molecular formula is C19H18ClF3N4O4S. The number of fused-ring (bicyclic) bond motifs is 1. The van der Waals surface area contributed by atoms with E-state index in [0.29, 0.717) is 18.4 Å². The minimum absolute atomic E-state index is 0.199. The highest BCUT2D eigenvalue weighted by Crippen LogP contribution is 2.37. The molecule has 32 heavy (non-hydrogen) atoms. The molecule has 1 aliphatic heterocycles. The van der Waals surface area contributed by atoms with Gasteiger partial charge in [-0.2, -0.15) is 13.2 Å². The second-order valence-corrected chi connectivity index (χ2v) is 9.69. The minimum Gasteiger partial charge on any atom is -0.472 e. The fourth-order valence-electron chi connectivity index (χ4n) is 3.70. The molecule has 4 rings (SSSR count). The fraction of sp³-hybridized carbons (Fsp3) is 0.368. The maximum absolute atomic E-state index is 13.7. The Morgan fingerprint density at radius 3 is 2.53 bits per heavy atom. The average Bonchev–Trinajstić information content (AvgIpc) is 3.34. The molecule has 1 aliphatic rings. The van der Waals surface area contributed by atoms with Gasteiger partial charge in [0.1, 0.15) is 5.15 Å². The second kappa shape index (κ2) is 8.09. The highest BCUT2D eigenvalue weighted by molar-refractivity contribution is 7.88. The number of aromatic nitrogens is 2. The first-order chi connectivity index (χ1) is 14.9. The molecular weight excluding hydrogens is 473 g/mol. The number of rotatable bonds is 4. The minimum atomic E-state index is -4.73. The number of alkyl halides is 3. The van der Waals surface area contributed by atoms with Crippen molar-refractivity contribution >= 4 is 33.2 Å². The van der Waals surface area contributed by atoms with Gasteiger partial charge in [0.25, 0.3) is 5.91 Å². The van der Waals surface area contributed by atoms with Gasteiger partial charge in [-0.15, -0.1) is 0 Å². The third kappa shape index (κ3) is 4.48. The van der Waals surface area contributed by atoms with Crippen LogP contribution < -0.4 is 4.72 Å². The molecule has 0 radical (unpaired) electrons. The van der Waals surface area contributed by atoms with Crippen molar-refractivity contribution < 1.29 is 30.8 Å². The van der Waals surface area contributed by atoms with Crippen molar-refractivity contribution in [3.05, 3.63) is 47.3 Å². The van der Waals surface area contributed by atoms with E-state index < -0.39 is 33.3 Å². The Labute approximate surface area is 186 Å². The summed E-state index contributed by atoms with van der Waals surface area (Å²) in [5, 5.41) is -0.239. The van der Waals surface area contributed by atoms with Gasteiger partial charge in [0.15, 0.2) is 11.3 Å². The number of imidazole rings is 1. The molecule has 0 saturated carbocycles. The summed E-state index contributed by atoms with van der Waals surface area (Å²) in [5.74, 6) is -0.616. The highest BCUT2D eigenvalue weighted by atomic mass is 35.5. The topological polar surface area (TPSA) is 96.9 Å². The van der Waals surface area contributed by atoms with Crippen molar-refractivity contribution in [3.8, 4) is 11.1 Å². The molecule has 0 aromatic carbocycles. The van der Waals surface area contributed by atoms with Gasteiger partial charge in [0.2, 0.25) is 10.0 Å². The number of amides is 1. The van der Waals surface area contributed by atoms with Gasteiger partial charge in [0.05, 0.1) is 24.3 Å². The number of nitrogens with zero attached hydrogens (tertiary/aromatic N) is 3. The van der Waals surface area contributed by atoms with E-state index in [1.54, 1.807) is 0 Å². The van der Waals surface area contributed by atoms with Crippen LogP contribution in [0.4, 0.5) is 13.2 Å². The molecule has 8 nitrogen and oxygen atoms in total. The van der Waals surface area contributed by atoms with Crippen LogP contribution in [-0.2, 0) is 16.2 Å². The maximum atomic E-state index is 13.7. The number of halogens is 4. The third-order valence-corrected chi connectivity index (χ3v) is 6.31. The van der Waals surface area contributed by atoms with Crippen LogP contribution in [-0.4, -0.2) is 54.0 Å². The van der Waals surface area contributed by atoms with E-state index in [4.69, 9.17) is 16.0 Å². The van der Waals surface area contributed by atoms with E-state index in [0.717, 1.165) is 16.7 Å². The Hall–Kier alpha value is -2.57. The molecule has 172 valence electrons. The smallest absolute Gasteiger partial charge is 0.420 e. The Morgan fingerprint density at radius 2 is 1.97 bits per heavy atom. The van der Waals surface area contributed by atoms with E-state index in [1.165, 1.54) is 29.7 Å². The van der Waals surface area contributed by atoms with Crippen LogP contribution in [0.25, 0.3) is 16.8 Å². The highest BCUT2D eigenvalue weighted by Gasteiger charge is 2.37. The van der Waals surface area contributed by atoms with Crippen molar-refractivity contribution in [2.24, 2.45) is 0 Å². The summed E-state index contributed by atoms with van der Waals surface area (Å²) in [6.07, 6.45) is 1.04. The van der Waals surface area contributed by atoms with Gasteiger partial charge in [-0.05, 0) is 25.0 Å². The Morgan fingerprint density at radius 1 is 1.28 bits per heavy atom. The number of hydrogen-bond donors (Lipinski definition) is 1. The SMILES string of the molecule is CS(=O)(=O)NC1CCN(C(=O)c2nc3c(C(F)(F)F)cc(-c4ccoc4)cn3c2Cl)CC1. The lowest BCUT2D eigenvalue weighted by molar-refractivity contribution is -0.136. The predicted molar refractivity (Wildman–Crippen MR) is 110 cm³/mol. The number of carbonyl (C=O) groups is 1. The largest absolute Gasteiger partial charge is 0.472 e. The van der Waals surface area contributed by atoms with Crippen LogP contribution in [0.15, 0.2) is 35.3 Å². The van der Waals surface area contributed by atoms with Crippen LogP contribution in [0.5, 0.6) is 0 Å². The number of nitrogens with one attached hydrogen (secondary N) is 1.